The molecule has 1 N–H and O–H groups in total. The first-order valence-corrected chi connectivity index (χ1v) is 9.70. The van der Waals surface area contributed by atoms with Gasteiger partial charge in [0.05, 0.1) is 7.11 Å². The van der Waals surface area contributed by atoms with Gasteiger partial charge in [0.1, 0.15) is 6.04 Å². The van der Waals surface area contributed by atoms with E-state index in [1.807, 2.05) is 11.8 Å². The summed E-state index contributed by atoms with van der Waals surface area (Å²) >= 11 is 0. The number of aliphatic imine (C=N–C) groups is 1. The van der Waals surface area contributed by atoms with Crippen molar-refractivity contribution >= 4 is 35.9 Å². The molecule has 1 aliphatic heterocycles. The van der Waals surface area contributed by atoms with Crippen molar-refractivity contribution in [3.8, 4) is 0 Å². The quantitative estimate of drug-likeness (QED) is 0.166. The number of nitrogens with zero attached hydrogens (tertiary/aromatic N) is 3. The highest BCUT2D eigenvalue weighted by Gasteiger charge is 2.41. The Morgan fingerprint density at radius 2 is 1.75 bits per heavy atom. The van der Waals surface area contributed by atoms with Crippen LogP contribution < -0.4 is 5.32 Å². The van der Waals surface area contributed by atoms with Gasteiger partial charge in [-0.25, -0.2) is 0 Å². The summed E-state index contributed by atoms with van der Waals surface area (Å²) in [5.74, 6) is 0.591. The summed E-state index contributed by atoms with van der Waals surface area (Å²) in [6, 6.07) is -1.41. The van der Waals surface area contributed by atoms with Gasteiger partial charge in [-0.1, -0.05) is 12.8 Å². The number of carbonyl (C=O) groups excluding carboxylic acids is 1. The van der Waals surface area contributed by atoms with E-state index in [1.54, 1.807) is 0 Å². The maximum Gasteiger partial charge on any atom is 0.403 e. The van der Waals surface area contributed by atoms with Crippen LogP contribution in [0.25, 0.3) is 0 Å². The molecule has 1 fully saturated rings. The minimum atomic E-state index is -4.19. The molecule has 1 aliphatic rings. The lowest BCUT2D eigenvalue weighted by Crippen LogP contribution is -2.56. The van der Waals surface area contributed by atoms with E-state index in [1.165, 1.54) is 18.9 Å². The van der Waals surface area contributed by atoms with E-state index in [-0.39, 0.29) is 29.9 Å². The van der Waals surface area contributed by atoms with Crippen LogP contribution in [-0.4, -0.2) is 80.3 Å². The molecule has 0 bridgehead atoms. The number of ether oxygens (including phenoxy) is 1. The predicted molar refractivity (Wildman–Crippen MR) is 115 cm³/mol. The number of guanidine groups is 1. The number of esters is 1. The lowest BCUT2D eigenvalue weighted by molar-refractivity contribution is -0.181. The van der Waals surface area contributed by atoms with Gasteiger partial charge in [-0.3, -0.25) is 14.7 Å². The minimum absolute atomic E-state index is 0. The summed E-state index contributed by atoms with van der Waals surface area (Å²) in [6.45, 7) is 6.39. The van der Waals surface area contributed by atoms with Crippen molar-refractivity contribution in [3.05, 3.63) is 0 Å². The maximum atomic E-state index is 12.9. The van der Waals surface area contributed by atoms with Gasteiger partial charge in [0.25, 0.3) is 0 Å². The molecule has 0 aromatic heterocycles. The molecule has 28 heavy (non-hydrogen) atoms. The van der Waals surface area contributed by atoms with Crippen LogP contribution in [-0.2, 0) is 9.53 Å². The van der Waals surface area contributed by atoms with Crippen LogP contribution in [0.4, 0.5) is 13.2 Å². The SMILES string of the molecule is CCNC(=NCCCCCCC(=O)OC)N1CCN(C(C)C(F)(F)F)CC1.I. The topological polar surface area (TPSA) is 57.2 Å². The summed E-state index contributed by atoms with van der Waals surface area (Å²) in [4.78, 5) is 19.1. The molecule has 0 aromatic carbocycles. The second-order valence-electron chi connectivity index (χ2n) is 6.72. The zero-order valence-electron chi connectivity index (χ0n) is 17.1. The summed E-state index contributed by atoms with van der Waals surface area (Å²) in [5.41, 5.74) is 0. The molecule has 1 heterocycles. The number of hydrogen-bond acceptors (Lipinski definition) is 4. The van der Waals surface area contributed by atoms with Crippen LogP contribution in [0.5, 0.6) is 0 Å². The fourth-order valence-electron chi connectivity index (χ4n) is 2.98. The van der Waals surface area contributed by atoms with Gasteiger partial charge in [0.2, 0.25) is 0 Å². The van der Waals surface area contributed by atoms with Crippen LogP contribution >= 0.6 is 24.0 Å². The second kappa shape index (κ2) is 14.2. The van der Waals surface area contributed by atoms with Crippen molar-refractivity contribution in [3.63, 3.8) is 0 Å². The zero-order valence-corrected chi connectivity index (χ0v) is 19.4. The highest BCUT2D eigenvalue weighted by molar-refractivity contribution is 14.0. The highest BCUT2D eigenvalue weighted by Crippen LogP contribution is 2.25. The van der Waals surface area contributed by atoms with Crippen LogP contribution in [0.3, 0.4) is 0 Å². The maximum absolute atomic E-state index is 12.9. The summed E-state index contributed by atoms with van der Waals surface area (Å²) in [5, 5.41) is 3.23. The number of piperazine rings is 1. The number of alkyl halides is 3. The molecule has 0 spiro atoms. The summed E-state index contributed by atoms with van der Waals surface area (Å²) in [7, 11) is 1.39. The van der Waals surface area contributed by atoms with E-state index >= 15 is 0 Å². The van der Waals surface area contributed by atoms with Crippen LogP contribution in [0, 0.1) is 0 Å². The van der Waals surface area contributed by atoms with E-state index in [9.17, 15) is 18.0 Å². The van der Waals surface area contributed by atoms with Crippen molar-refractivity contribution < 1.29 is 22.7 Å². The van der Waals surface area contributed by atoms with Gasteiger partial charge in [0.15, 0.2) is 5.96 Å². The Hall–Kier alpha value is -0.780. The number of carbonyl (C=O) groups is 1. The molecule has 0 aromatic rings. The third-order valence-electron chi connectivity index (χ3n) is 4.75. The highest BCUT2D eigenvalue weighted by atomic mass is 127. The minimum Gasteiger partial charge on any atom is -0.469 e. The first-order valence-electron chi connectivity index (χ1n) is 9.70. The fraction of sp³-hybridized carbons (Fsp3) is 0.889. The Morgan fingerprint density at radius 1 is 1.14 bits per heavy atom. The number of methoxy groups -OCH3 is 1. The third kappa shape index (κ3) is 10.1. The smallest absolute Gasteiger partial charge is 0.403 e. The molecule has 1 saturated heterocycles. The average molecular weight is 522 g/mol. The van der Waals surface area contributed by atoms with Gasteiger partial charge in [-0.2, -0.15) is 13.2 Å². The Balaban J connectivity index is 0.00000729. The molecule has 10 heteroatoms. The molecular formula is C18H34F3IN4O2. The molecule has 0 saturated carbocycles. The molecule has 1 atom stereocenters. The van der Waals surface area contributed by atoms with Crippen LogP contribution in [0.15, 0.2) is 4.99 Å². The van der Waals surface area contributed by atoms with E-state index in [2.05, 4.69) is 15.0 Å². The largest absolute Gasteiger partial charge is 0.469 e. The van der Waals surface area contributed by atoms with E-state index in [0.29, 0.717) is 39.1 Å². The molecule has 6 nitrogen and oxygen atoms in total. The lowest BCUT2D eigenvalue weighted by atomic mass is 10.1. The van der Waals surface area contributed by atoms with E-state index in [0.717, 1.165) is 38.2 Å². The van der Waals surface area contributed by atoms with Crippen molar-refractivity contribution in [2.75, 3.05) is 46.4 Å². The third-order valence-corrected chi connectivity index (χ3v) is 4.75. The zero-order chi connectivity index (χ0) is 20.3. The van der Waals surface area contributed by atoms with Gasteiger partial charge in [-0.15, -0.1) is 24.0 Å². The Labute approximate surface area is 183 Å². The molecule has 0 aliphatic carbocycles. The van der Waals surface area contributed by atoms with Gasteiger partial charge >= 0.3 is 12.1 Å². The van der Waals surface area contributed by atoms with Crippen LogP contribution in [0.1, 0.15) is 46.0 Å². The predicted octanol–water partition coefficient (Wildman–Crippen LogP) is 3.26. The first-order chi connectivity index (χ1) is 12.8. The standard InChI is InChI=1S/C18H33F3N4O2.HI/c1-4-22-17(23-10-8-6-5-7-9-16(26)27-3)25-13-11-24(12-14-25)15(2)18(19,20)21;/h15H,4-14H2,1-3H3,(H,22,23);1H. The molecule has 0 radical (unpaired) electrons. The molecule has 0 amide bonds. The van der Waals surface area contributed by atoms with Crippen molar-refractivity contribution in [2.45, 2.75) is 58.2 Å². The number of halogens is 4. The molecule has 1 unspecified atom stereocenters. The van der Waals surface area contributed by atoms with Gasteiger partial charge in [-0.05, 0) is 26.7 Å². The van der Waals surface area contributed by atoms with E-state index in [4.69, 9.17) is 0 Å². The lowest BCUT2D eigenvalue weighted by Gasteiger charge is -2.39. The molecular weight excluding hydrogens is 488 g/mol. The molecule has 1 rings (SSSR count). The summed E-state index contributed by atoms with van der Waals surface area (Å²) in [6.07, 6.45) is -0.0689. The summed E-state index contributed by atoms with van der Waals surface area (Å²) < 4.78 is 43.2. The second-order valence-corrected chi connectivity index (χ2v) is 6.72. The Morgan fingerprint density at radius 3 is 2.29 bits per heavy atom. The monoisotopic (exact) mass is 522 g/mol. The first kappa shape index (κ1) is 27.2. The molecule has 166 valence electrons. The number of rotatable bonds is 9. The van der Waals surface area contributed by atoms with Gasteiger partial charge < -0.3 is 15.0 Å². The van der Waals surface area contributed by atoms with Crippen molar-refractivity contribution in [2.24, 2.45) is 4.99 Å². The number of nitrogens with one attached hydrogen (secondary N) is 1. The van der Waals surface area contributed by atoms with E-state index < -0.39 is 12.2 Å². The van der Waals surface area contributed by atoms with Gasteiger partial charge in [0, 0.05) is 45.7 Å². The number of unbranched alkanes of at least 4 members (excludes halogenated alkanes) is 3. The normalized spacial score (nSPS) is 17.1. The Bertz CT molecular complexity index is 470. The van der Waals surface area contributed by atoms with Crippen molar-refractivity contribution in [1.82, 2.24) is 15.1 Å². The average Bonchev–Trinajstić information content (AvgIpc) is 2.65. The Kier molecular flexibility index (Phi) is 13.8. The fourth-order valence-corrected chi connectivity index (χ4v) is 2.98. The van der Waals surface area contributed by atoms with Crippen molar-refractivity contribution in [1.29, 1.82) is 0 Å². The number of hydrogen-bond donors (Lipinski definition) is 1. The van der Waals surface area contributed by atoms with Crippen LogP contribution in [0.2, 0.25) is 0 Å².